The third-order valence-electron chi connectivity index (χ3n) is 7.41. The first-order chi connectivity index (χ1) is 21.3. The maximum atomic E-state index is 13.7. The van der Waals surface area contributed by atoms with E-state index < -0.39 is 131 Å². The molecule has 2 saturated heterocycles. The first-order valence-electron chi connectivity index (χ1n) is 13.3. The van der Waals surface area contributed by atoms with E-state index in [0.717, 1.165) is 24.3 Å². The lowest BCUT2D eigenvalue weighted by Gasteiger charge is -2.39. The lowest BCUT2D eigenvalue weighted by molar-refractivity contribution is -0.277. The zero-order chi connectivity index (χ0) is 32.9. The maximum absolute atomic E-state index is 13.7. The van der Waals surface area contributed by atoms with Crippen LogP contribution < -0.4 is 14.9 Å². The molecule has 10 atom stereocenters. The van der Waals surface area contributed by atoms with Crippen molar-refractivity contribution in [3.63, 3.8) is 0 Å². The summed E-state index contributed by atoms with van der Waals surface area (Å²) < 4.78 is 27.4. The Kier molecular flexibility index (Phi) is 8.97. The van der Waals surface area contributed by atoms with E-state index in [1.807, 2.05) is 0 Å². The molecule has 246 valence electrons. The van der Waals surface area contributed by atoms with E-state index in [-0.39, 0.29) is 5.56 Å². The number of fused-ring (bicyclic) bond motifs is 1. The number of phenols is 4. The van der Waals surface area contributed by atoms with Crippen molar-refractivity contribution in [1.82, 2.24) is 0 Å². The first kappa shape index (κ1) is 32.4. The van der Waals surface area contributed by atoms with E-state index in [9.17, 15) is 66.1 Å². The molecule has 12 N–H and O–H groups in total. The molecule has 0 aliphatic carbocycles. The van der Waals surface area contributed by atoms with Crippen LogP contribution in [0.25, 0.3) is 22.3 Å². The summed E-state index contributed by atoms with van der Waals surface area (Å²) in [5.74, 6) is -5.24. The van der Waals surface area contributed by atoms with Crippen molar-refractivity contribution in [2.45, 2.75) is 61.4 Å². The molecule has 0 bridgehead atoms. The Morgan fingerprint density at radius 3 is 1.78 bits per heavy atom. The quantitative estimate of drug-likeness (QED) is 0.112. The second kappa shape index (κ2) is 12.4. The van der Waals surface area contributed by atoms with Crippen LogP contribution in [-0.4, -0.2) is 136 Å². The zero-order valence-electron chi connectivity index (χ0n) is 22.8. The molecule has 0 unspecified atom stereocenters. The number of aliphatic hydroxyl groups excluding tert-OH is 8. The molecule has 3 aromatic rings. The molecule has 2 aliphatic rings. The molecular formula is C27H30O18. The van der Waals surface area contributed by atoms with Crippen LogP contribution in [0.4, 0.5) is 0 Å². The van der Waals surface area contributed by atoms with Crippen molar-refractivity contribution in [1.29, 1.82) is 0 Å². The number of ether oxygens (including phenoxy) is 4. The van der Waals surface area contributed by atoms with Crippen molar-refractivity contribution in [3.05, 3.63) is 34.5 Å². The highest BCUT2D eigenvalue weighted by Crippen LogP contribution is 2.44. The predicted molar refractivity (Wildman–Crippen MR) is 143 cm³/mol. The lowest BCUT2D eigenvalue weighted by atomic mass is 9.99. The van der Waals surface area contributed by atoms with Gasteiger partial charge in [-0.2, -0.15) is 0 Å². The van der Waals surface area contributed by atoms with Gasteiger partial charge in [0.2, 0.25) is 29.5 Å². The second-order valence-corrected chi connectivity index (χ2v) is 10.4. The molecule has 0 spiro atoms. The van der Waals surface area contributed by atoms with E-state index in [2.05, 4.69) is 0 Å². The number of aliphatic hydroxyl groups is 8. The van der Waals surface area contributed by atoms with Gasteiger partial charge in [0.25, 0.3) is 0 Å². The molecule has 5 rings (SSSR count). The molecule has 18 heteroatoms. The van der Waals surface area contributed by atoms with Crippen LogP contribution in [-0.2, 0) is 9.47 Å². The molecule has 2 fully saturated rings. The summed E-state index contributed by atoms with van der Waals surface area (Å²) in [4.78, 5) is 13.7. The Morgan fingerprint density at radius 2 is 1.22 bits per heavy atom. The summed E-state index contributed by atoms with van der Waals surface area (Å²) in [6.45, 7) is -1.64. The molecule has 0 saturated carbocycles. The van der Waals surface area contributed by atoms with Gasteiger partial charge < -0.3 is 84.6 Å². The summed E-state index contributed by atoms with van der Waals surface area (Å²) in [6, 6.07) is 3.55. The second-order valence-electron chi connectivity index (χ2n) is 10.4. The molecule has 0 radical (unpaired) electrons. The highest BCUT2D eigenvalue weighted by Gasteiger charge is 2.46. The lowest BCUT2D eigenvalue weighted by Crippen LogP contribution is -2.60. The van der Waals surface area contributed by atoms with Gasteiger partial charge in [0.15, 0.2) is 17.3 Å². The fourth-order valence-electron chi connectivity index (χ4n) is 4.95. The minimum Gasteiger partial charge on any atom is -0.508 e. The SMILES string of the molecule is O=c1c(O[C@@H]2O[C@H](CO)[C@H](O)[C@H](O)[C@H]2O)c(-c2cc(O)c(O)c(O[C@@H]3O[C@H](CO)[C@H](O)[C@H](O)[C@H]3O)c2)oc2cc(O)cc(O)c12. The standard InChI is InChI=1S/C27H30O18/c28-5-13-17(34)20(37)22(39)26(43-13)42-12-2-7(1-10(32)16(12)33)24-25(19(36)15-9(31)3-8(30)4-11(15)41-24)45-27-23(40)21(38)18(35)14(6-29)44-27/h1-4,13-14,17-18,20-23,26-35,37-40H,5-6H2/t13-,14-,17+,18+,20+,21+,22-,23-,26-,27+/m1/s1. The van der Waals surface area contributed by atoms with Crippen LogP contribution >= 0.6 is 0 Å². The normalized spacial score (nSPS) is 32.0. The van der Waals surface area contributed by atoms with E-state index in [1.54, 1.807) is 0 Å². The van der Waals surface area contributed by atoms with Gasteiger partial charge in [-0.1, -0.05) is 0 Å². The monoisotopic (exact) mass is 642 g/mol. The fraction of sp³-hybridized carbons (Fsp3) is 0.444. The van der Waals surface area contributed by atoms with Crippen LogP contribution in [0.15, 0.2) is 33.5 Å². The number of hydrogen-bond donors (Lipinski definition) is 12. The third kappa shape index (κ3) is 5.79. The van der Waals surface area contributed by atoms with Crippen molar-refractivity contribution in [2.24, 2.45) is 0 Å². The predicted octanol–water partition coefficient (Wildman–Crippen LogP) is -3.36. The average molecular weight is 643 g/mol. The highest BCUT2D eigenvalue weighted by molar-refractivity contribution is 5.88. The average Bonchev–Trinajstić information content (AvgIpc) is 3.00. The van der Waals surface area contributed by atoms with E-state index in [1.165, 1.54) is 0 Å². The van der Waals surface area contributed by atoms with Crippen LogP contribution in [0.2, 0.25) is 0 Å². The Morgan fingerprint density at radius 1 is 0.667 bits per heavy atom. The van der Waals surface area contributed by atoms with Crippen molar-refractivity contribution in [3.8, 4) is 45.8 Å². The van der Waals surface area contributed by atoms with E-state index >= 15 is 0 Å². The van der Waals surface area contributed by atoms with Gasteiger partial charge in [-0.15, -0.1) is 0 Å². The van der Waals surface area contributed by atoms with Crippen molar-refractivity contribution < 1.29 is 84.6 Å². The minimum absolute atomic E-state index is 0.327. The molecular weight excluding hydrogens is 612 g/mol. The maximum Gasteiger partial charge on any atom is 0.239 e. The van der Waals surface area contributed by atoms with Gasteiger partial charge in [-0.25, -0.2) is 0 Å². The number of benzene rings is 2. The number of aromatic hydroxyl groups is 4. The smallest absolute Gasteiger partial charge is 0.239 e. The molecule has 45 heavy (non-hydrogen) atoms. The minimum atomic E-state index is -2.00. The van der Waals surface area contributed by atoms with E-state index in [0.29, 0.717) is 0 Å². The van der Waals surface area contributed by atoms with Crippen LogP contribution in [0.3, 0.4) is 0 Å². The summed E-state index contributed by atoms with van der Waals surface area (Å²) in [5.41, 5.74) is -1.88. The number of rotatable bonds is 7. The molecule has 3 heterocycles. The molecule has 2 aliphatic heterocycles. The Bertz CT molecular complexity index is 1600. The first-order valence-corrected chi connectivity index (χ1v) is 13.3. The fourth-order valence-corrected chi connectivity index (χ4v) is 4.95. The van der Waals surface area contributed by atoms with Gasteiger partial charge in [-0.3, -0.25) is 4.79 Å². The Balaban J connectivity index is 1.63. The van der Waals surface area contributed by atoms with Crippen molar-refractivity contribution >= 4 is 11.0 Å². The zero-order valence-corrected chi connectivity index (χ0v) is 22.8. The van der Waals surface area contributed by atoms with Crippen LogP contribution in [0.5, 0.6) is 34.5 Å². The van der Waals surface area contributed by atoms with Gasteiger partial charge in [0.05, 0.1) is 13.2 Å². The van der Waals surface area contributed by atoms with Gasteiger partial charge in [-0.05, 0) is 12.1 Å². The Hall–Kier alpha value is -3.95. The van der Waals surface area contributed by atoms with Gasteiger partial charge in [0.1, 0.15) is 71.3 Å². The summed E-state index contributed by atoms with van der Waals surface area (Å²) in [7, 11) is 0. The highest BCUT2D eigenvalue weighted by atomic mass is 16.7. The number of phenolic OH excluding ortho intramolecular Hbond substituents is 4. The molecule has 1 aromatic heterocycles. The van der Waals surface area contributed by atoms with Gasteiger partial charge in [0, 0.05) is 17.7 Å². The summed E-state index contributed by atoms with van der Waals surface area (Å²) in [6.07, 6.45) is -17.8. The molecule has 0 amide bonds. The van der Waals surface area contributed by atoms with Crippen molar-refractivity contribution in [2.75, 3.05) is 13.2 Å². The summed E-state index contributed by atoms with van der Waals surface area (Å²) in [5, 5.41) is 121. The summed E-state index contributed by atoms with van der Waals surface area (Å²) >= 11 is 0. The number of hydrogen-bond acceptors (Lipinski definition) is 18. The van der Waals surface area contributed by atoms with Crippen LogP contribution in [0, 0.1) is 0 Å². The molecule has 2 aromatic carbocycles. The van der Waals surface area contributed by atoms with Crippen LogP contribution in [0.1, 0.15) is 0 Å². The third-order valence-corrected chi connectivity index (χ3v) is 7.41. The topological polar surface area (TPSA) is 310 Å². The van der Waals surface area contributed by atoms with E-state index in [4.69, 9.17) is 23.4 Å². The largest absolute Gasteiger partial charge is 0.508 e. The Labute approximate surface area is 250 Å². The molecule has 18 nitrogen and oxygen atoms in total. The van der Waals surface area contributed by atoms with Gasteiger partial charge >= 0.3 is 0 Å².